The fourth-order valence-electron chi connectivity index (χ4n) is 2.19. The molecule has 0 spiro atoms. The molecule has 2 rings (SSSR count). The summed E-state index contributed by atoms with van der Waals surface area (Å²) in [4.78, 5) is 34.7. The highest BCUT2D eigenvalue weighted by atomic mass is 16.5. The Hall–Kier alpha value is -3.03. The van der Waals surface area contributed by atoms with E-state index in [0.717, 1.165) is 18.4 Å². The van der Waals surface area contributed by atoms with Crippen molar-refractivity contribution < 1.29 is 28.6 Å². The Bertz CT molecular complexity index is 701. The van der Waals surface area contributed by atoms with Crippen molar-refractivity contribution in [1.29, 1.82) is 0 Å². The number of fused-ring (bicyclic) bond motifs is 1. The first-order valence-corrected chi connectivity index (χ1v) is 8.86. The molecule has 0 saturated heterocycles. The predicted molar refractivity (Wildman–Crippen MR) is 98.4 cm³/mol. The average Bonchev–Trinajstić information content (AvgIpc) is 2.92. The zero-order valence-electron chi connectivity index (χ0n) is 15.3. The van der Waals surface area contributed by atoms with Gasteiger partial charge in [-0.15, -0.1) is 0 Å². The van der Waals surface area contributed by atoms with E-state index in [9.17, 15) is 14.4 Å². The Kier molecular flexibility index (Phi) is 8.15. The van der Waals surface area contributed by atoms with E-state index >= 15 is 0 Å². The molecule has 0 saturated carbocycles. The van der Waals surface area contributed by atoms with Gasteiger partial charge in [-0.2, -0.15) is 0 Å². The first-order valence-electron chi connectivity index (χ1n) is 8.86. The summed E-state index contributed by atoms with van der Waals surface area (Å²) in [5, 5.41) is 5.00. The molecule has 0 fully saturated rings. The van der Waals surface area contributed by atoms with Crippen molar-refractivity contribution >= 4 is 23.9 Å². The third kappa shape index (κ3) is 7.39. The third-order valence-electron chi connectivity index (χ3n) is 3.55. The second-order valence-corrected chi connectivity index (χ2v) is 5.82. The average molecular weight is 376 g/mol. The summed E-state index contributed by atoms with van der Waals surface area (Å²) >= 11 is 0. The molecule has 0 aromatic heterocycles. The van der Waals surface area contributed by atoms with Gasteiger partial charge < -0.3 is 24.8 Å². The molecule has 8 nitrogen and oxygen atoms in total. The highest BCUT2D eigenvalue weighted by molar-refractivity contribution is 5.90. The lowest BCUT2D eigenvalue weighted by atomic mass is 10.2. The Morgan fingerprint density at radius 2 is 1.89 bits per heavy atom. The van der Waals surface area contributed by atoms with Crippen molar-refractivity contribution in [3.63, 3.8) is 0 Å². The van der Waals surface area contributed by atoms with E-state index in [4.69, 9.17) is 14.2 Å². The fraction of sp³-hybridized carbons (Fsp3) is 0.421. The van der Waals surface area contributed by atoms with Crippen LogP contribution in [-0.2, 0) is 19.1 Å². The van der Waals surface area contributed by atoms with Crippen LogP contribution in [0.1, 0.15) is 25.3 Å². The van der Waals surface area contributed by atoms with Crippen LogP contribution in [0.2, 0.25) is 0 Å². The molecule has 0 unspecified atom stereocenters. The summed E-state index contributed by atoms with van der Waals surface area (Å²) in [6.07, 6.45) is 4.41. The van der Waals surface area contributed by atoms with Crippen LogP contribution >= 0.6 is 0 Å². The molecular weight excluding hydrogens is 352 g/mol. The molecule has 146 valence electrons. The Morgan fingerprint density at radius 1 is 1.11 bits per heavy atom. The summed E-state index contributed by atoms with van der Waals surface area (Å²) in [6, 6.07) is 5.34. The first-order chi connectivity index (χ1) is 13.1. The van der Waals surface area contributed by atoms with Gasteiger partial charge in [0.2, 0.25) is 5.91 Å². The minimum Gasteiger partial charge on any atom is -0.490 e. The van der Waals surface area contributed by atoms with Crippen LogP contribution in [0.5, 0.6) is 11.5 Å². The lowest BCUT2D eigenvalue weighted by molar-refractivity contribution is -0.143. The lowest BCUT2D eigenvalue weighted by Gasteiger charge is -2.07. The molecule has 0 radical (unpaired) electrons. The van der Waals surface area contributed by atoms with E-state index in [1.54, 1.807) is 24.3 Å². The first kappa shape index (κ1) is 20.3. The van der Waals surface area contributed by atoms with Crippen molar-refractivity contribution in [3.8, 4) is 11.5 Å². The summed E-state index contributed by atoms with van der Waals surface area (Å²) in [6.45, 7) is 3.06. The maximum atomic E-state index is 11.7. The van der Waals surface area contributed by atoms with Crippen LogP contribution in [0, 0.1) is 0 Å². The number of ether oxygens (including phenoxy) is 3. The smallest absolute Gasteiger partial charge is 0.331 e. The van der Waals surface area contributed by atoms with Crippen molar-refractivity contribution in [3.05, 3.63) is 29.8 Å². The maximum absolute atomic E-state index is 11.7. The largest absolute Gasteiger partial charge is 0.490 e. The predicted octanol–water partition coefficient (Wildman–Crippen LogP) is 1.05. The van der Waals surface area contributed by atoms with Crippen LogP contribution in [-0.4, -0.2) is 50.7 Å². The molecule has 0 bridgehead atoms. The number of rotatable bonds is 8. The van der Waals surface area contributed by atoms with Crippen LogP contribution in [0.3, 0.4) is 0 Å². The number of benzene rings is 1. The second-order valence-electron chi connectivity index (χ2n) is 5.82. The van der Waals surface area contributed by atoms with E-state index in [1.807, 2.05) is 6.92 Å². The highest BCUT2D eigenvalue weighted by Gasteiger charge is 2.10. The number of amides is 2. The number of carbonyl (C=O) groups is 3. The van der Waals surface area contributed by atoms with Crippen LogP contribution in [0.4, 0.5) is 0 Å². The Balaban J connectivity index is 1.74. The maximum Gasteiger partial charge on any atom is 0.331 e. The van der Waals surface area contributed by atoms with Crippen molar-refractivity contribution in [1.82, 2.24) is 10.6 Å². The van der Waals surface area contributed by atoms with Gasteiger partial charge in [0, 0.05) is 19.0 Å². The van der Waals surface area contributed by atoms with Crippen molar-refractivity contribution in [2.24, 2.45) is 0 Å². The molecule has 2 N–H and O–H groups in total. The van der Waals surface area contributed by atoms with Gasteiger partial charge in [-0.05, 0) is 30.2 Å². The molecule has 27 heavy (non-hydrogen) atoms. The Morgan fingerprint density at radius 3 is 2.67 bits per heavy atom. The lowest BCUT2D eigenvalue weighted by Crippen LogP contribution is -2.38. The van der Waals surface area contributed by atoms with Gasteiger partial charge in [0.1, 0.15) is 0 Å². The topological polar surface area (TPSA) is 103 Å². The SMILES string of the molecule is CCCNC(=O)CNC(=O)COC(=O)/C=C/c1ccc2c(c1)OCCCO2. The molecule has 8 heteroatoms. The molecule has 1 aliphatic heterocycles. The number of esters is 1. The van der Waals surface area contributed by atoms with Gasteiger partial charge >= 0.3 is 5.97 Å². The number of hydrogen-bond donors (Lipinski definition) is 2. The Labute approximate surface area is 157 Å². The van der Waals surface area contributed by atoms with Crippen LogP contribution in [0.25, 0.3) is 6.08 Å². The minimum absolute atomic E-state index is 0.149. The van der Waals surface area contributed by atoms with E-state index in [2.05, 4.69) is 10.6 Å². The van der Waals surface area contributed by atoms with Crippen molar-refractivity contribution in [2.75, 3.05) is 32.9 Å². The summed E-state index contributed by atoms with van der Waals surface area (Å²) < 4.78 is 16.0. The van der Waals surface area contributed by atoms with Gasteiger partial charge in [-0.1, -0.05) is 13.0 Å². The number of nitrogens with one attached hydrogen (secondary N) is 2. The highest BCUT2D eigenvalue weighted by Crippen LogP contribution is 2.30. The standard InChI is InChI=1S/C19H24N2O6/c1-2-8-20-17(22)12-21-18(23)13-27-19(24)7-5-14-4-6-15-16(11-14)26-10-3-9-25-15/h4-7,11H,2-3,8-10,12-13H2,1H3,(H,20,22)(H,21,23)/b7-5+. The van der Waals surface area contributed by atoms with E-state index < -0.39 is 18.5 Å². The van der Waals surface area contributed by atoms with E-state index in [1.165, 1.54) is 6.08 Å². The van der Waals surface area contributed by atoms with E-state index in [-0.39, 0.29) is 12.5 Å². The van der Waals surface area contributed by atoms with Crippen LogP contribution < -0.4 is 20.1 Å². The zero-order valence-corrected chi connectivity index (χ0v) is 15.3. The molecule has 0 atom stereocenters. The molecule has 1 aliphatic rings. The molecule has 2 amide bonds. The van der Waals surface area contributed by atoms with Gasteiger partial charge in [-0.25, -0.2) is 4.79 Å². The third-order valence-corrected chi connectivity index (χ3v) is 3.55. The second kappa shape index (κ2) is 10.8. The number of carbonyl (C=O) groups excluding carboxylic acids is 3. The normalized spacial score (nSPS) is 12.9. The summed E-state index contributed by atoms with van der Waals surface area (Å²) in [7, 11) is 0. The number of hydrogen-bond acceptors (Lipinski definition) is 6. The monoisotopic (exact) mass is 376 g/mol. The quantitative estimate of drug-likeness (QED) is 0.519. The van der Waals surface area contributed by atoms with Gasteiger partial charge in [0.15, 0.2) is 18.1 Å². The summed E-state index contributed by atoms with van der Waals surface area (Å²) in [5.74, 6) is -0.187. The fourth-order valence-corrected chi connectivity index (χ4v) is 2.19. The van der Waals surface area contributed by atoms with E-state index in [0.29, 0.717) is 31.3 Å². The summed E-state index contributed by atoms with van der Waals surface area (Å²) in [5.41, 5.74) is 0.744. The molecule has 1 heterocycles. The van der Waals surface area contributed by atoms with Gasteiger partial charge in [-0.3, -0.25) is 9.59 Å². The molecular formula is C19H24N2O6. The minimum atomic E-state index is -0.660. The molecule has 1 aromatic carbocycles. The van der Waals surface area contributed by atoms with Crippen LogP contribution in [0.15, 0.2) is 24.3 Å². The zero-order chi connectivity index (χ0) is 19.5. The molecule has 1 aromatic rings. The van der Waals surface area contributed by atoms with Gasteiger partial charge in [0.05, 0.1) is 19.8 Å². The van der Waals surface area contributed by atoms with Crippen molar-refractivity contribution in [2.45, 2.75) is 19.8 Å². The van der Waals surface area contributed by atoms with Gasteiger partial charge in [0.25, 0.3) is 5.91 Å². The molecule has 0 aliphatic carbocycles.